The first kappa shape index (κ1) is 19.5. The van der Waals surface area contributed by atoms with Crippen molar-refractivity contribution in [2.24, 2.45) is 0 Å². The molecule has 0 saturated carbocycles. The molecule has 1 saturated heterocycles. The second kappa shape index (κ2) is 8.68. The molecule has 1 aromatic heterocycles. The minimum atomic E-state index is -0.305. The Hall–Kier alpha value is -2.83. The van der Waals surface area contributed by atoms with Crippen molar-refractivity contribution in [2.75, 3.05) is 38.2 Å². The zero-order valence-electron chi connectivity index (χ0n) is 16.3. The van der Waals surface area contributed by atoms with Gasteiger partial charge in [-0.2, -0.15) is 0 Å². The molecule has 4 rings (SSSR count). The summed E-state index contributed by atoms with van der Waals surface area (Å²) in [5.41, 5.74) is 2.78. The van der Waals surface area contributed by atoms with E-state index in [1.54, 1.807) is 0 Å². The van der Waals surface area contributed by atoms with E-state index in [1.165, 1.54) is 12.7 Å². The second-order valence-electron chi connectivity index (χ2n) is 7.03. The van der Waals surface area contributed by atoms with E-state index in [2.05, 4.69) is 19.4 Å². The topological polar surface area (TPSA) is 50.6 Å². The van der Waals surface area contributed by atoms with Crippen molar-refractivity contribution in [2.45, 2.75) is 6.54 Å². The lowest BCUT2D eigenvalue weighted by Gasteiger charge is -2.35. The number of imidazole rings is 1. The van der Waals surface area contributed by atoms with Crippen LogP contribution in [0.15, 0.2) is 60.9 Å². The van der Waals surface area contributed by atoms with E-state index in [-0.39, 0.29) is 5.97 Å². The number of anilines is 1. The van der Waals surface area contributed by atoms with Gasteiger partial charge in [-0.15, -0.1) is 0 Å². The van der Waals surface area contributed by atoms with Crippen molar-refractivity contribution in [3.63, 3.8) is 0 Å². The first-order valence-electron chi connectivity index (χ1n) is 9.58. The highest BCUT2D eigenvalue weighted by Gasteiger charge is 2.21. The molecule has 0 spiro atoms. The Morgan fingerprint density at radius 1 is 1.10 bits per heavy atom. The molecule has 1 fully saturated rings. The summed E-state index contributed by atoms with van der Waals surface area (Å²) in [5.74, 6) is 0.634. The van der Waals surface area contributed by atoms with E-state index in [1.807, 2.05) is 60.9 Å². The van der Waals surface area contributed by atoms with Gasteiger partial charge >= 0.3 is 5.97 Å². The van der Waals surface area contributed by atoms with Crippen LogP contribution in [0.1, 0.15) is 15.9 Å². The number of esters is 1. The van der Waals surface area contributed by atoms with Crippen LogP contribution in [-0.4, -0.2) is 53.7 Å². The van der Waals surface area contributed by atoms with Crippen LogP contribution in [0.4, 0.5) is 5.95 Å². The zero-order valence-corrected chi connectivity index (χ0v) is 17.0. The molecule has 0 amide bonds. The van der Waals surface area contributed by atoms with Crippen LogP contribution in [0.25, 0.3) is 5.69 Å². The number of piperazine rings is 1. The van der Waals surface area contributed by atoms with Gasteiger partial charge in [-0.1, -0.05) is 29.8 Å². The quantitative estimate of drug-likeness (QED) is 0.601. The average Bonchev–Trinajstić information content (AvgIpc) is 3.24. The fourth-order valence-electron chi connectivity index (χ4n) is 3.59. The first-order chi connectivity index (χ1) is 14.1. The summed E-state index contributed by atoms with van der Waals surface area (Å²) in [6.45, 7) is 4.55. The average molecular weight is 411 g/mol. The van der Waals surface area contributed by atoms with E-state index in [0.29, 0.717) is 10.6 Å². The zero-order chi connectivity index (χ0) is 20.2. The number of benzene rings is 2. The van der Waals surface area contributed by atoms with Gasteiger partial charge in [-0.3, -0.25) is 9.47 Å². The van der Waals surface area contributed by atoms with Crippen LogP contribution in [-0.2, 0) is 11.3 Å². The third-order valence-electron chi connectivity index (χ3n) is 5.14. The van der Waals surface area contributed by atoms with Crippen molar-refractivity contribution in [3.05, 3.63) is 77.1 Å². The molecule has 2 aromatic carbocycles. The molecule has 0 N–H and O–H groups in total. The number of methoxy groups -OCH3 is 1. The van der Waals surface area contributed by atoms with Gasteiger partial charge in [-0.05, 0) is 35.9 Å². The number of rotatable bonds is 5. The lowest BCUT2D eigenvalue weighted by Crippen LogP contribution is -2.46. The maximum Gasteiger partial charge on any atom is 0.337 e. The van der Waals surface area contributed by atoms with E-state index in [9.17, 15) is 4.79 Å². The van der Waals surface area contributed by atoms with Gasteiger partial charge in [-0.25, -0.2) is 9.78 Å². The highest BCUT2D eigenvalue weighted by molar-refractivity contribution is 6.30. The molecule has 3 aromatic rings. The lowest BCUT2D eigenvalue weighted by atomic mass is 10.1. The van der Waals surface area contributed by atoms with E-state index in [0.717, 1.165) is 44.4 Å². The first-order valence-corrected chi connectivity index (χ1v) is 9.96. The predicted octanol–water partition coefficient (Wildman–Crippen LogP) is 3.63. The largest absolute Gasteiger partial charge is 0.465 e. The van der Waals surface area contributed by atoms with E-state index < -0.39 is 0 Å². The predicted molar refractivity (Wildman–Crippen MR) is 114 cm³/mol. The molecule has 7 heteroatoms. The molecular formula is C22H23ClN4O2. The summed E-state index contributed by atoms with van der Waals surface area (Å²) in [7, 11) is 1.40. The van der Waals surface area contributed by atoms with Crippen molar-refractivity contribution >= 4 is 23.5 Å². The molecule has 0 atom stereocenters. The third kappa shape index (κ3) is 4.44. The Balaban J connectivity index is 1.38. The minimum absolute atomic E-state index is 0.305. The van der Waals surface area contributed by atoms with E-state index in [4.69, 9.17) is 16.3 Å². The third-order valence-corrected chi connectivity index (χ3v) is 5.38. The Bertz CT molecular complexity index is 978. The van der Waals surface area contributed by atoms with Crippen LogP contribution in [0.5, 0.6) is 0 Å². The van der Waals surface area contributed by atoms with Crippen molar-refractivity contribution < 1.29 is 9.53 Å². The van der Waals surface area contributed by atoms with Gasteiger partial charge in [0.05, 0.1) is 12.7 Å². The molecule has 0 bridgehead atoms. The molecule has 6 nitrogen and oxygen atoms in total. The highest BCUT2D eigenvalue weighted by atomic mass is 35.5. The number of ether oxygens (including phenoxy) is 1. The summed E-state index contributed by atoms with van der Waals surface area (Å²) in [4.78, 5) is 20.8. The Morgan fingerprint density at radius 3 is 2.55 bits per heavy atom. The number of nitrogens with zero attached hydrogens (tertiary/aromatic N) is 4. The molecule has 29 heavy (non-hydrogen) atoms. The maximum absolute atomic E-state index is 11.6. The van der Waals surface area contributed by atoms with Gasteiger partial charge in [0.15, 0.2) is 0 Å². The standard InChI is InChI=1S/C22H23ClN4O2/c1-29-21(28)18-7-5-17(6-8-18)16-25-11-13-26(14-12-25)22-24-9-10-27(22)20-4-2-3-19(23)15-20/h2-10,15H,11-14,16H2,1H3. The lowest BCUT2D eigenvalue weighted by molar-refractivity contribution is 0.0600. The normalized spacial score (nSPS) is 14.8. The van der Waals surface area contributed by atoms with Gasteiger partial charge in [0, 0.05) is 55.8 Å². The van der Waals surface area contributed by atoms with Crippen LogP contribution in [0.3, 0.4) is 0 Å². The number of hydrogen-bond donors (Lipinski definition) is 0. The summed E-state index contributed by atoms with van der Waals surface area (Å²) < 4.78 is 6.83. The number of carbonyl (C=O) groups excluding carboxylic acids is 1. The van der Waals surface area contributed by atoms with Crippen LogP contribution in [0.2, 0.25) is 5.02 Å². The molecule has 0 aliphatic carbocycles. The molecule has 1 aliphatic heterocycles. The Kier molecular flexibility index (Phi) is 5.83. The van der Waals surface area contributed by atoms with Crippen molar-refractivity contribution in [1.82, 2.24) is 14.5 Å². The fraction of sp³-hybridized carbons (Fsp3) is 0.273. The summed E-state index contributed by atoms with van der Waals surface area (Å²) in [5, 5.41) is 0.713. The molecular weight excluding hydrogens is 388 g/mol. The summed E-state index contributed by atoms with van der Waals surface area (Å²) >= 11 is 6.15. The number of aromatic nitrogens is 2. The van der Waals surface area contributed by atoms with Crippen molar-refractivity contribution in [1.29, 1.82) is 0 Å². The van der Waals surface area contributed by atoms with Crippen molar-refractivity contribution in [3.8, 4) is 5.69 Å². The van der Waals surface area contributed by atoms with Crippen LogP contribution >= 0.6 is 11.6 Å². The SMILES string of the molecule is COC(=O)c1ccc(CN2CCN(c3nccn3-c3cccc(Cl)c3)CC2)cc1. The number of hydrogen-bond acceptors (Lipinski definition) is 5. The summed E-state index contributed by atoms with van der Waals surface area (Å²) in [6, 6.07) is 15.4. The van der Waals surface area contributed by atoms with Gasteiger partial charge in [0.25, 0.3) is 0 Å². The molecule has 2 heterocycles. The molecule has 1 aliphatic rings. The van der Waals surface area contributed by atoms with Crippen LogP contribution < -0.4 is 4.90 Å². The smallest absolute Gasteiger partial charge is 0.337 e. The van der Waals surface area contributed by atoms with Gasteiger partial charge in [0.2, 0.25) is 5.95 Å². The fourth-order valence-corrected chi connectivity index (χ4v) is 3.77. The van der Waals surface area contributed by atoms with Gasteiger partial charge < -0.3 is 9.64 Å². The minimum Gasteiger partial charge on any atom is -0.465 e. The van der Waals surface area contributed by atoms with Crippen LogP contribution in [0, 0.1) is 0 Å². The number of carbonyl (C=O) groups is 1. The second-order valence-corrected chi connectivity index (χ2v) is 7.47. The van der Waals surface area contributed by atoms with E-state index >= 15 is 0 Å². The monoisotopic (exact) mass is 410 g/mol. The number of halogens is 1. The van der Waals surface area contributed by atoms with Gasteiger partial charge in [0.1, 0.15) is 0 Å². The molecule has 150 valence electrons. The Morgan fingerprint density at radius 2 is 1.86 bits per heavy atom. The molecule has 0 unspecified atom stereocenters. The molecule has 0 radical (unpaired) electrons. The highest BCUT2D eigenvalue weighted by Crippen LogP contribution is 2.22. The Labute approximate surface area is 175 Å². The summed E-state index contributed by atoms with van der Waals surface area (Å²) in [6.07, 6.45) is 3.79. The maximum atomic E-state index is 11.6.